The molecule has 1 amide bonds. The first-order chi connectivity index (χ1) is 13.9. The Labute approximate surface area is 170 Å². The lowest BCUT2D eigenvalue weighted by Crippen LogP contribution is -2.30. The van der Waals surface area contributed by atoms with Crippen molar-refractivity contribution < 1.29 is 19.1 Å². The van der Waals surface area contributed by atoms with Crippen molar-refractivity contribution in [1.29, 1.82) is 0 Å². The van der Waals surface area contributed by atoms with E-state index in [0.29, 0.717) is 17.9 Å². The minimum absolute atomic E-state index is 0.140. The highest BCUT2D eigenvalue weighted by Crippen LogP contribution is 2.23. The predicted octanol–water partition coefficient (Wildman–Crippen LogP) is 4.95. The van der Waals surface area contributed by atoms with Crippen molar-refractivity contribution in [3.05, 3.63) is 77.9 Å². The molecule has 5 heteroatoms. The second-order valence-electron chi connectivity index (χ2n) is 7.12. The minimum atomic E-state index is -0.926. The van der Waals surface area contributed by atoms with Crippen LogP contribution in [0.1, 0.15) is 36.7 Å². The molecular formula is C24H25NO4. The summed E-state index contributed by atoms with van der Waals surface area (Å²) in [5.41, 5.74) is 2.05. The van der Waals surface area contributed by atoms with Gasteiger partial charge in [0.1, 0.15) is 0 Å². The van der Waals surface area contributed by atoms with Gasteiger partial charge in [-0.25, -0.2) is 4.79 Å². The fourth-order valence-corrected chi connectivity index (χ4v) is 2.85. The fraction of sp³-hybridized carbons (Fsp3) is 0.250. The molecule has 0 bridgehead atoms. The van der Waals surface area contributed by atoms with Crippen molar-refractivity contribution >= 4 is 28.3 Å². The minimum Gasteiger partial charge on any atom is -0.449 e. The average Bonchev–Trinajstić information content (AvgIpc) is 2.72. The van der Waals surface area contributed by atoms with Gasteiger partial charge in [-0.05, 0) is 49.9 Å². The zero-order valence-corrected chi connectivity index (χ0v) is 16.8. The lowest BCUT2D eigenvalue weighted by Gasteiger charge is -2.15. The fourth-order valence-electron chi connectivity index (χ4n) is 2.85. The van der Waals surface area contributed by atoms with Gasteiger partial charge in [-0.15, -0.1) is 0 Å². The average molecular weight is 391 g/mol. The van der Waals surface area contributed by atoms with Crippen molar-refractivity contribution in [1.82, 2.24) is 0 Å². The molecular weight excluding hydrogens is 366 g/mol. The molecule has 1 N–H and O–H groups in total. The Morgan fingerprint density at radius 1 is 0.897 bits per heavy atom. The van der Waals surface area contributed by atoms with E-state index < -0.39 is 12.1 Å². The molecule has 0 fully saturated rings. The molecule has 0 saturated heterocycles. The van der Waals surface area contributed by atoms with E-state index in [4.69, 9.17) is 9.47 Å². The molecule has 0 unspecified atom stereocenters. The number of nitrogens with one attached hydrogen (secondary N) is 1. The second-order valence-corrected chi connectivity index (χ2v) is 7.12. The van der Waals surface area contributed by atoms with Gasteiger partial charge >= 0.3 is 5.97 Å². The maximum Gasteiger partial charge on any atom is 0.338 e. The number of benzene rings is 3. The van der Waals surface area contributed by atoms with Crippen LogP contribution in [0.25, 0.3) is 10.8 Å². The number of rotatable bonds is 7. The van der Waals surface area contributed by atoms with E-state index in [0.717, 1.165) is 16.3 Å². The molecule has 5 nitrogen and oxygen atoms in total. The zero-order chi connectivity index (χ0) is 20.8. The maximum absolute atomic E-state index is 12.5. The van der Waals surface area contributed by atoms with Gasteiger partial charge < -0.3 is 14.8 Å². The van der Waals surface area contributed by atoms with Crippen molar-refractivity contribution in [3.8, 4) is 0 Å². The molecule has 3 aromatic rings. The van der Waals surface area contributed by atoms with Crippen LogP contribution in [0.4, 0.5) is 5.69 Å². The van der Waals surface area contributed by atoms with E-state index >= 15 is 0 Å². The van der Waals surface area contributed by atoms with E-state index in [9.17, 15) is 9.59 Å². The van der Waals surface area contributed by atoms with Crippen LogP contribution in [-0.4, -0.2) is 24.1 Å². The summed E-state index contributed by atoms with van der Waals surface area (Å²) in [6.07, 6.45) is -0.786. The maximum atomic E-state index is 12.5. The van der Waals surface area contributed by atoms with Crippen LogP contribution in [0.3, 0.4) is 0 Å². The molecule has 3 aromatic carbocycles. The van der Waals surface area contributed by atoms with E-state index in [1.165, 1.54) is 0 Å². The van der Waals surface area contributed by atoms with Crippen LogP contribution in [0, 0.1) is 0 Å². The number of hydrogen-bond acceptors (Lipinski definition) is 4. The molecule has 0 aromatic heterocycles. The molecule has 0 aliphatic heterocycles. The Hall–Kier alpha value is -3.18. The van der Waals surface area contributed by atoms with E-state index in [2.05, 4.69) is 5.32 Å². The zero-order valence-electron chi connectivity index (χ0n) is 16.8. The highest BCUT2D eigenvalue weighted by molar-refractivity contribution is 6.04. The molecule has 0 aliphatic rings. The molecule has 0 heterocycles. The number of hydrogen-bond donors (Lipinski definition) is 1. The predicted molar refractivity (Wildman–Crippen MR) is 114 cm³/mol. The molecule has 1 atom stereocenters. The standard InChI is InChI=1S/C24H25NO4/c1-16(2)28-15-18-11-13-20(14-12-18)24(27)29-17(3)23(26)25-22-10-6-8-19-7-4-5-9-21(19)22/h4-14,16-17H,15H2,1-3H3,(H,25,26)/t17-/m0/s1. The van der Waals surface area contributed by atoms with Gasteiger partial charge in [-0.2, -0.15) is 0 Å². The summed E-state index contributed by atoms with van der Waals surface area (Å²) in [6, 6.07) is 20.4. The topological polar surface area (TPSA) is 64.6 Å². The largest absolute Gasteiger partial charge is 0.449 e. The summed E-state index contributed by atoms with van der Waals surface area (Å²) in [5, 5.41) is 4.80. The Morgan fingerprint density at radius 3 is 2.31 bits per heavy atom. The Balaban J connectivity index is 1.61. The first-order valence-electron chi connectivity index (χ1n) is 9.64. The highest BCUT2D eigenvalue weighted by atomic mass is 16.5. The van der Waals surface area contributed by atoms with Gasteiger partial charge in [0.15, 0.2) is 6.10 Å². The lowest BCUT2D eigenvalue weighted by atomic mass is 10.1. The molecule has 0 spiro atoms. The normalized spacial score (nSPS) is 12.0. The quantitative estimate of drug-likeness (QED) is 0.579. The highest BCUT2D eigenvalue weighted by Gasteiger charge is 2.19. The van der Waals surface area contributed by atoms with Crippen LogP contribution >= 0.6 is 0 Å². The Morgan fingerprint density at radius 2 is 1.59 bits per heavy atom. The smallest absolute Gasteiger partial charge is 0.338 e. The second kappa shape index (κ2) is 9.34. The number of esters is 1. The van der Waals surface area contributed by atoms with Crippen molar-refractivity contribution in [3.63, 3.8) is 0 Å². The van der Waals surface area contributed by atoms with Crippen molar-refractivity contribution in [2.45, 2.75) is 39.6 Å². The monoisotopic (exact) mass is 391 g/mol. The molecule has 0 saturated carbocycles. The summed E-state index contributed by atoms with van der Waals surface area (Å²) in [4.78, 5) is 24.9. The Bertz CT molecular complexity index is 990. The number of ether oxygens (including phenoxy) is 2. The molecule has 150 valence electrons. The number of amides is 1. The number of fused-ring (bicyclic) bond motifs is 1. The molecule has 3 rings (SSSR count). The van der Waals surface area contributed by atoms with Gasteiger partial charge in [0.25, 0.3) is 5.91 Å². The first-order valence-corrected chi connectivity index (χ1v) is 9.64. The van der Waals surface area contributed by atoms with Crippen molar-refractivity contribution in [2.24, 2.45) is 0 Å². The summed E-state index contributed by atoms with van der Waals surface area (Å²) in [5.74, 6) is -0.918. The van der Waals surface area contributed by atoms with Gasteiger partial charge in [0.05, 0.1) is 18.3 Å². The molecule has 0 radical (unpaired) electrons. The number of carbonyl (C=O) groups is 2. The van der Waals surface area contributed by atoms with Gasteiger partial charge in [0.2, 0.25) is 0 Å². The van der Waals surface area contributed by atoms with E-state index in [-0.39, 0.29) is 12.0 Å². The number of carbonyl (C=O) groups excluding carboxylic acids is 2. The summed E-state index contributed by atoms with van der Waals surface area (Å²) in [6.45, 7) is 5.98. The SMILES string of the molecule is CC(C)OCc1ccc(C(=O)O[C@@H](C)C(=O)Nc2cccc3ccccc23)cc1. The first kappa shape index (κ1) is 20.6. The lowest BCUT2D eigenvalue weighted by molar-refractivity contribution is -0.123. The summed E-state index contributed by atoms with van der Waals surface area (Å²) < 4.78 is 10.9. The van der Waals surface area contributed by atoms with Crippen LogP contribution in [0.5, 0.6) is 0 Å². The van der Waals surface area contributed by atoms with Gasteiger partial charge in [0, 0.05) is 11.1 Å². The third kappa shape index (κ3) is 5.42. The number of anilines is 1. The van der Waals surface area contributed by atoms with Gasteiger partial charge in [-0.1, -0.05) is 48.5 Å². The van der Waals surface area contributed by atoms with Crippen molar-refractivity contribution in [2.75, 3.05) is 5.32 Å². The van der Waals surface area contributed by atoms with Crippen LogP contribution in [0.2, 0.25) is 0 Å². The third-order valence-electron chi connectivity index (χ3n) is 4.47. The molecule has 0 aliphatic carbocycles. The Kier molecular flexibility index (Phi) is 6.62. The summed E-state index contributed by atoms with van der Waals surface area (Å²) in [7, 11) is 0. The summed E-state index contributed by atoms with van der Waals surface area (Å²) >= 11 is 0. The molecule has 29 heavy (non-hydrogen) atoms. The van der Waals surface area contributed by atoms with Crippen LogP contribution in [0.15, 0.2) is 66.7 Å². The third-order valence-corrected chi connectivity index (χ3v) is 4.47. The van der Waals surface area contributed by atoms with E-state index in [1.54, 1.807) is 19.1 Å². The van der Waals surface area contributed by atoms with Crippen LogP contribution in [-0.2, 0) is 20.9 Å². The van der Waals surface area contributed by atoms with Crippen LogP contribution < -0.4 is 5.32 Å². The van der Waals surface area contributed by atoms with Gasteiger partial charge in [-0.3, -0.25) is 4.79 Å². The van der Waals surface area contributed by atoms with E-state index in [1.807, 2.05) is 68.4 Å².